The lowest BCUT2D eigenvalue weighted by Gasteiger charge is -2.01. The molecule has 0 saturated carbocycles. The first kappa shape index (κ1) is 10.1. The average molecular weight is 270 g/mol. The van der Waals surface area contributed by atoms with Crippen LogP contribution in [-0.2, 0) is 4.74 Å². The Hall–Kier alpha value is -1.43. The van der Waals surface area contributed by atoms with E-state index in [0.717, 1.165) is 0 Å². The number of aromatic nitrogens is 3. The summed E-state index contributed by atoms with van der Waals surface area (Å²) in [5.74, 6) is -0.347. The van der Waals surface area contributed by atoms with Gasteiger partial charge in [-0.2, -0.15) is 0 Å². The number of pyridine rings is 1. The Morgan fingerprint density at radius 1 is 1.53 bits per heavy atom. The van der Waals surface area contributed by atoms with Crippen LogP contribution in [0.5, 0.6) is 0 Å². The molecule has 0 amide bonds. The summed E-state index contributed by atoms with van der Waals surface area (Å²) in [5.41, 5.74) is 1.15. The van der Waals surface area contributed by atoms with Crippen molar-refractivity contribution in [3.63, 3.8) is 0 Å². The molecule has 2 aromatic heterocycles. The molecule has 78 valence electrons. The van der Waals surface area contributed by atoms with E-state index in [0.29, 0.717) is 22.6 Å². The monoisotopic (exact) mass is 269 g/mol. The van der Waals surface area contributed by atoms with Crippen LogP contribution in [0, 0.1) is 0 Å². The minimum absolute atomic E-state index is 0.347. The number of nitrogens with zero attached hydrogens (tertiary/aromatic N) is 3. The highest BCUT2D eigenvalue weighted by Gasteiger charge is 2.09. The van der Waals surface area contributed by atoms with Crippen molar-refractivity contribution >= 4 is 27.5 Å². The summed E-state index contributed by atoms with van der Waals surface area (Å²) < 4.78 is 7.12. The third kappa shape index (κ3) is 1.85. The summed E-state index contributed by atoms with van der Waals surface area (Å²) in [5, 5.41) is 7.70. The number of hydrogen-bond acceptors (Lipinski definition) is 4. The van der Waals surface area contributed by atoms with Gasteiger partial charge in [0.05, 0.1) is 12.2 Å². The van der Waals surface area contributed by atoms with Crippen molar-refractivity contribution in [3.05, 3.63) is 28.6 Å². The van der Waals surface area contributed by atoms with Crippen molar-refractivity contribution in [2.75, 3.05) is 6.61 Å². The maximum absolute atomic E-state index is 11.4. The van der Waals surface area contributed by atoms with Crippen LogP contribution in [0.25, 0.3) is 5.65 Å². The second-order valence-corrected chi connectivity index (χ2v) is 3.54. The van der Waals surface area contributed by atoms with E-state index >= 15 is 0 Å². The van der Waals surface area contributed by atoms with Gasteiger partial charge in [-0.25, -0.2) is 4.79 Å². The molecule has 2 aromatic rings. The highest BCUT2D eigenvalue weighted by molar-refractivity contribution is 9.10. The third-order valence-corrected chi connectivity index (χ3v) is 2.41. The van der Waals surface area contributed by atoms with E-state index in [-0.39, 0.29) is 5.97 Å². The first-order valence-corrected chi connectivity index (χ1v) is 5.19. The molecular weight excluding hydrogens is 262 g/mol. The van der Waals surface area contributed by atoms with Gasteiger partial charge in [-0.15, -0.1) is 10.2 Å². The second-order valence-electron chi connectivity index (χ2n) is 2.84. The number of esters is 1. The summed E-state index contributed by atoms with van der Waals surface area (Å²) in [4.78, 5) is 11.4. The quantitative estimate of drug-likeness (QED) is 0.779. The molecule has 0 radical (unpaired) electrons. The number of carbonyl (C=O) groups excluding carboxylic acids is 1. The van der Waals surface area contributed by atoms with Crippen LogP contribution >= 0.6 is 15.9 Å². The molecule has 2 heterocycles. The summed E-state index contributed by atoms with van der Waals surface area (Å²) in [6.07, 6.45) is 1.64. The van der Waals surface area contributed by atoms with Gasteiger partial charge in [-0.05, 0) is 35.0 Å². The lowest BCUT2D eigenvalue weighted by Crippen LogP contribution is -2.05. The lowest BCUT2D eigenvalue weighted by atomic mass is 10.3. The van der Waals surface area contributed by atoms with Gasteiger partial charge in [0.2, 0.25) is 4.73 Å². The van der Waals surface area contributed by atoms with Gasteiger partial charge in [0, 0.05) is 6.20 Å². The van der Waals surface area contributed by atoms with Gasteiger partial charge in [0.1, 0.15) is 0 Å². The molecule has 0 aromatic carbocycles. The lowest BCUT2D eigenvalue weighted by molar-refractivity contribution is 0.0526. The SMILES string of the molecule is CCOC(=O)c1ccc2nnc(Br)n2c1. The molecule has 0 aliphatic carbocycles. The van der Waals surface area contributed by atoms with Crippen molar-refractivity contribution in [3.8, 4) is 0 Å². The highest BCUT2D eigenvalue weighted by atomic mass is 79.9. The number of hydrogen-bond donors (Lipinski definition) is 0. The van der Waals surface area contributed by atoms with Gasteiger partial charge in [0.25, 0.3) is 0 Å². The Bertz CT molecular complexity index is 509. The summed E-state index contributed by atoms with van der Waals surface area (Å²) in [7, 11) is 0. The minimum atomic E-state index is -0.347. The molecule has 0 aliphatic heterocycles. The van der Waals surface area contributed by atoms with E-state index in [1.54, 1.807) is 29.7 Å². The van der Waals surface area contributed by atoms with Gasteiger partial charge < -0.3 is 4.74 Å². The molecule has 0 spiro atoms. The average Bonchev–Trinajstić information content (AvgIpc) is 2.60. The molecule has 0 aliphatic rings. The number of ether oxygens (including phenoxy) is 1. The molecule has 0 saturated heterocycles. The second kappa shape index (κ2) is 3.98. The molecule has 0 bridgehead atoms. The summed E-state index contributed by atoms with van der Waals surface area (Å²) in [6, 6.07) is 3.37. The Kier molecular flexibility index (Phi) is 2.68. The van der Waals surface area contributed by atoms with Crippen LogP contribution in [0.2, 0.25) is 0 Å². The maximum atomic E-state index is 11.4. The summed E-state index contributed by atoms with van der Waals surface area (Å²) >= 11 is 3.23. The van der Waals surface area contributed by atoms with Crippen LogP contribution in [0.4, 0.5) is 0 Å². The Labute approximate surface area is 94.2 Å². The first-order valence-electron chi connectivity index (χ1n) is 4.39. The number of rotatable bonds is 2. The molecular formula is C9H8BrN3O2. The van der Waals surface area contributed by atoms with E-state index in [1.165, 1.54) is 0 Å². The van der Waals surface area contributed by atoms with Gasteiger partial charge >= 0.3 is 5.97 Å². The van der Waals surface area contributed by atoms with Crippen LogP contribution in [0.15, 0.2) is 23.1 Å². The molecule has 0 fully saturated rings. The smallest absolute Gasteiger partial charge is 0.339 e. The van der Waals surface area contributed by atoms with Crippen molar-refractivity contribution in [1.82, 2.24) is 14.6 Å². The van der Waals surface area contributed by atoms with Crippen LogP contribution in [0.1, 0.15) is 17.3 Å². The van der Waals surface area contributed by atoms with E-state index in [1.807, 2.05) is 0 Å². The normalized spacial score (nSPS) is 10.5. The molecule has 6 heteroatoms. The van der Waals surface area contributed by atoms with E-state index in [2.05, 4.69) is 26.1 Å². The number of halogens is 1. The molecule has 0 atom stereocenters. The topological polar surface area (TPSA) is 56.5 Å². The number of carbonyl (C=O) groups is 1. The third-order valence-electron chi connectivity index (χ3n) is 1.87. The van der Waals surface area contributed by atoms with Crippen molar-refractivity contribution < 1.29 is 9.53 Å². The largest absolute Gasteiger partial charge is 0.462 e. The maximum Gasteiger partial charge on any atom is 0.339 e. The zero-order valence-electron chi connectivity index (χ0n) is 7.98. The molecule has 2 rings (SSSR count). The Balaban J connectivity index is 2.45. The van der Waals surface area contributed by atoms with Crippen molar-refractivity contribution in [2.24, 2.45) is 0 Å². The fraction of sp³-hybridized carbons (Fsp3) is 0.222. The Morgan fingerprint density at radius 3 is 3.07 bits per heavy atom. The van der Waals surface area contributed by atoms with E-state index in [9.17, 15) is 4.79 Å². The van der Waals surface area contributed by atoms with Gasteiger partial charge in [-0.3, -0.25) is 4.40 Å². The Morgan fingerprint density at radius 2 is 2.33 bits per heavy atom. The van der Waals surface area contributed by atoms with Crippen LogP contribution < -0.4 is 0 Å². The van der Waals surface area contributed by atoms with Crippen LogP contribution in [-0.4, -0.2) is 27.2 Å². The fourth-order valence-corrected chi connectivity index (χ4v) is 1.56. The van der Waals surface area contributed by atoms with Gasteiger partial charge in [-0.1, -0.05) is 0 Å². The zero-order valence-corrected chi connectivity index (χ0v) is 9.56. The van der Waals surface area contributed by atoms with E-state index < -0.39 is 0 Å². The first-order chi connectivity index (χ1) is 7.22. The summed E-state index contributed by atoms with van der Waals surface area (Å²) in [6.45, 7) is 2.13. The molecule has 5 nitrogen and oxygen atoms in total. The molecule has 0 N–H and O–H groups in total. The highest BCUT2D eigenvalue weighted by Crippen LogP contribution is 2.11. The van der Waals surface area contributed by atoms with Gasteiger partial charge in [0.15, 0.2) is 5.65 Å². The number of fused-ring (bicyclic) bond motifs is 1. The van der Waals surface area contributed by atoms with Crippen LogP contribution in [0.3, 0.4) is 0 Å². The zero-order chi connectivity index (χ0) is 10.8. The minimum Gasteiger partial charge on any atom is -0.462 e. The fourth-order valence-electron chi connectivity index (χ4n) is 1.20. The predicted octanol–water partition coefficient (Wildman–Crippen LogP) is 1.67. The standard InChI is InChI=1S/C9H8BrN3O2/c1-2-15-8(14)6-3-4-7-11-12-9(10)13(7)5-6/h3-5H,2H2,1H3. The van der Waals surface area contributed by atoms with E-state index in [4.69, 9.17) is 4.74 Å². The molecule has 0 unspecified atom stereocenters. The van der Waals surface area contributed by atoms with Crippen molar-refractivity contribution in [2.45, 2.75) is 6.92 Å². The van der Waals surface area contributed by atoms with Crippen molar-refractivity contribution in [1.29, 1.82) is 0 Å². The molecule has 15 heavy (non-hydrogen) atoms. The predicted molar refractivity (Wildman–Crippen MR) is 56.6 cm³/mol.